The minimum Gasteiger partial charge on any atom is -0.466 e. The van der Waals surface area contributed by atoms with E-state index in [1.807, 2.05) is 6.92 Å². The Bertz CT molecular complexity index is 134. The van der Waals surface area contributed by atoms with E-state index in [2.05, 4.69) is 6.92 Å². The van der Waals surface area contributed by atoms with Crippen LogP contribution in [0.5, 0.6) is 0 Å². The lowest BCUT2D eigenvalue weighted by Gasteiger charge is -2.02. The number of ether oxygens (including phenoxy) is 2. The van der Waals surface area contributed by atoms with Crippen LogP contribution in [0.2, 0.25) is 0 Å². The number of esters is 1. The van der Waals surface area contributed by atoms with Gasteiger partial charge in [-0.25, -0.2) is 0 Å². The first kappa shape index (κ1) is 13.4. The number of carbonyl (C=O) groups excluding carboxylic acids is 1. The molecule has 84 valence electrons. The fourth-order valence-electron chi connectivity index (χ4n) is 1.13. The smallest absolute Gasteiger partial charge is 0.305 e. The first-order chi connectivity index (χ1) is 6.81. The van der Waals surface area contributed by atoms with E-state index in [1.54, 1.807) is 0 Å². The summed E-state index contributed by atoms with van der Waals surface area (Å²) in [7, 11) is 0. The summed E-state index contributed by atoms with van der Waals surface area (Å²) < 4.78 is 10.1. The van der Waals surface area contributed by atoms with Crippen molar-refractivity contribution in [3.8, 4) is 0 Å². The lowest BCUT2D eigenvalue weighted by molar-refractivity contribution is -0.143. The molecule has 0 saturated carbocycles. The van der Waals surface area contributed by atoms with Crippen molar-refractivity contribution in [2.75, 3.05) is 19.8 Å². The molecule has 0 aliphatic carbocycles. The number of unbranched alkanes of at least 4 members (excludes halogenated alkanes) is 2. The molecule has 0 bridgehead atoms. The van der Waals surface area contributed by atoms with E-state index in [9.17, 15) is 4.79 Å². The third kappa shape index (κ3) is 9.52. The Morgan fingerprint density at radius 1 is 1.07 bits per heavy atom. The maximum atomic E-state index is 10.9. The molecule has 0 aromatic carbocycles. The molecule has 14 heavy (non-hydrogen) atoms. The molecular formula is C11H22O3. The van der Waals surface area contributed by atoms with E-state index in [0.717, 1.165) is 38.9 Å². The van der Waals surface area contributed by atoms with Crippen LogP contribution in [0.4, 0.5) is 0 Å². The summed E-state index contributed by atoms with van der Waals surface area (Å²) >= 11 is 0. The Kier molecular flexibility index (Phi) is 10.1. The SMILES string of the molecule is CCCOCCCCCC(=O)OCC. The van der Waals surface area contributed by atoms with Crippen molar-refractivity contribution in [2.45, 2.75) is 46.0 Å². The molecule has 0 aliphatic rings. The van der Waals surface area contributed by atoms with Crippen LogP contribution in [0.15, 0.2) is 0 Å². The fraction of sp³-hybridized carbons (Fsp3) is 0.909. The van der Waals surface area contributed by atoms with Gasteiger partial charge in [0.25, 0.3) is 0 Å². The predicted molar refractivity (Wildman–Crippen MR) is 56.2 cm³/mol. The Morgan fingerprint density at radius 3 is 2.50 bits per heavy atom. The van der Waals surface area contributed by atoms with Crippen molar-refractivity contribution in [1.82, 2.24) is 0 Å². The molecule has 0 unspecified atom stereocenters. The summed E-state index contributed by atoms with van der Waals surface area (Å²) in [6.45, 7) is 6.07. The van der Waals surface area contributed by atoms with Gasteiger partial charge in [0.15, 0.2) is 0 Å². The highest BCUT2D eigenvalue weighted by atomic mass is 16.5. The quantitative estimate of drug-likeness (QED) is 0.426. The summed E-state index contributed by atoms with van der Waals surface area (Å²) in [4.78, 5) is 10.9. The molecule has 0 aliphatic heterocycles. The average molecular weight is 202 g/mol. The molecule has 0 saturated heterocycles. The molecule has 3 heteroatoms. The maximum Gasteiger partial charge on any atom is 0.305 e. The molecule has 0 N–H and O–H groups in total. The number of carbonyl (C=O) groups is 1. The summed E-state index contributed by atoms with van der Waals surface area (Å²) in [5.41, 5.74) is 0. The van der Waals surface area contributed by atoms with E-state index in [4.69, 9.17) is 9.47 Å². The van der Waals surface area contributed by atoms with Gasteiger partial charge in [-0.15, -0.1) is 0 Å². The van der Waals surface area contributed by atoms with Crippen LogP contribution in [0.25, 0.3) is 0 Å². The van der Waals surface area contributed by atoms with Gasteiger partial charge >= 0.3 is 5.97 Å². The van der Waals surface area contributed by atoms with Crippen molar-refractivity contribution in [1.29, 1.82) is 0 Å². The van der Waals surface area contributed by atoms with Crippen molar-refractivity contribution >= 4 is 5.97 Å². The molecule has 0 atom stereocenters. The van der Waals surface area contributed by atoms with Crippen LogP contribution in [-0.4, -0.2) is 25.8 Å². The molecule has 0 aromatic rings. The zero-order chi connectivity index (χ0) is 10.6. The van der Waals surface area contributed by atoms with Crippen LogP contribution in [-0.2, 0) is 14.3 Å². The minimum atomic E-state index is -0.0815. The zero-order valence-corrected chi connectivity index (χ0v) is 9.38. The van der Waals surface area contributed by atoms with Crippen LogP contribution >= 0.6 is 0 Å². The van der Waals surface area contributed by atoms with Crippen LogP contribution in [0.1, 0.15) is 46.0 Å². The van der Waals surface area contributed by atoms with Crippen LogP contribution in [0, 0.1) is 0 Å². The lowest BCUT2D eigenvalue weighted by Crippen LogP contribution is -2.03. The highest BCUT2D eigenvalue weighted by molar-refractivity contribution is 5.69. The Labute approximate surface area is 86.8 Å². The summed E-state index contributed by atoms with van der Waals surface area (Å²) in [5.74, 6) is -0.0815. The normalized spacial score (nSPS) is 10.1. The third-order valence-electron chi connectivity index (χ3n) is 1.82. The van der Waals surface area contributed by atoms with Gasteiger partial charge in [-0.05, 0) is 26.2 Å². The fourth-order valence-corrected chi connectivity index (χ4v) is 1.13. The van der Waals surface area contributed by atoms with Gasteiger partial charge in [0, 0.05) is 19.6 Å². The van der Waals surface area contributed by atoms with Crippen molar-refractivity contribution < 1.29 is 14.3 Å². The van der Waals surface area contributed by atoms with Crippen LogP contribution < -0.4 is 0 Å². The number of rotatable bonds is 9. The Balaban J connectivity index is 3.01. The van der Waals surface area contributed by atoms with Gasteiger partial charge in [0.05, 0.1) is 6.61 Å². The van der Waals surface area contributed by atoms with Gasteiger partial charge in [-0.3, -0.25) is 4.79 Å². The van der Waals surface area contributed by atoms with E-state index >= 15 is 0 Å². The maximum absolute atomic E-state index is 10.9. The standard InChI is InChI=1S/C11H22O3/c1-3-9-13-10-7-5-6-8-11(12)14-4-2/h3-10H2,1-2H3. The third-order valence-corrected chi connectivity index (χ3v) is 1.82. The summed E-state index contributed by atoms with van der Waals surface area (Å²) in [6, 6.07) is 0. The van der Waals surface area contributed by atoms with E-state index in [1.165, 1.54) is 0 Å². The monoisotopic (exact) mass is 202 g/mol. The summed E-state index contributed by atoms with van der Waals surface area (Å²) in [5, 5.41) is 0. The molecule has 3 nitrogen and oxygen atoms in total. The van der Waals surface area contributed by atoms with Crippen molar-refractivity contribution in [2.24, 2.45) is 0 Å². The van der Waals surface area contributed by atoms with Crippen molar-refractivity contribution in [3.05, 3.63) is 0 Å². The Morgan fingerprint density at radius 2 is 1.86 bits per heavy atom. The molecule has 0 heterocycles. The highest BCUT2D eigenvalue weighted by Crippen LogP contribution is 2.01. The van der Waals surface area contributed by atoms with Crippen molar-refractivity contribution in [3.63, 3.8) is 0 Å². The predicted octanol–water partition coefficient (Wildman–Crippen LogP) is 2.54. The lowest BCUT2D eigenvalue weighted by atomic mass is 10.2. The van der Waals surface area contributed by atoms with Crippen LogP contribution in [0.3, 0.4) is 0 Å². The van der Waals surface area contributed by atoms with Gasteiger partial charge in [0.2, 0.25) is 0 Å². The molecule has 0 radical (unpaired) electrons. The molecule has 0 amide bonds. The van der Waals surface area contributed by atoms with E-state index in [-0.39, 0.29) is 5.97 Å². The molecular weight excluding hydrogens is 180 g/mol. The summed E-state index contributed by atoms with van der Waals surface area (Å²) in [6.07, 6.45) is 4.61. The minimum absolute atomic E-state index is 0.0815. The number of hydrogen-bond donors (Lipinski definition) is 0. The average Bonchev–Trinajstić information content (AvgIpc) is 2.17. The first-order valence-corrected chi connectivity index (χ1v) is 5.54. The van der Waals surface area contributed by atoms with E-state index < -0.39 is 0 Å². The van der Waals surface area contributed by atoms with Gasteiger partial charge in [-0.2, -0.15) is 0 Å². The first-order valence-electron chi connectivity index (χ1n) is 5.54. The largest absolute Gasteiger partial charge is 0.466 e. The highest BCUT2D eigenvalue weighted by Gasteiger charge is 2.00. The second-order valence-corrected chi connectivity index (χ2v) is 3.23. The second-order valence-electron chi connectivity index (χ2n) is 3.23. The van der Waals surface area contributed by atoms with Gasteiger partial charge in [0.1, 0.15) is 0 Å². The molecule has 0 fully saturated rings. The number of hydrogen-bond acceptors (Lipinski definition) is 3. The van der Waals surface area contributed by atoms with E-state index in [0.29, 0.717) is 13.0 Å². The molecule has 0 aromatic heterocycles. The molecule has 0 spiro atoms. The molecule has 0 rings (SSSR count). The second kappa shape index (κ2) is 10.5. The topological polar surface area (TPSA) is 35.5 Å². The van der Waals surface area contributed by atoms with Gasteiger partial charge < -0.3 is 9.47 Å². The van der Waals surface area contributed by atoms with Gasteiger partial charge in [-0.1, -0.05) is 13.3 Å². The zero-order valence-electron chi connectivity index (χ0n) is 9.38. The Hall–Kier alpha value is -0.570.